The Morgan fingerprint density at radius 1 is 1.47 bits per heavy atom. The lowest BCUT2D eigenvalue weighted by atomic mass is 10.2. The van der Waals surface area contributed by atoms with Crippen molar-refractivity contribution in [2.45, 2.75) is 31.3 Å². The molecule has 2 unspecified atom stereocenters. The lowest BCUT2D eigenvalue weighted by Gasteiger charge is -2.14. The Morgan fingerprint density at radius 2 is 2.35 bits per heavy atom. The van der Waals surface area contributed by atoms with Gasteiger partial charge in [0.2, 0.25) is 0 Å². The minimum absolute atomic E-state index is 0.0811. The zero-order chi connectivity index (χ0) is 12.1. The molecule has 17 heavy (non-hydrogen) atoms. The van der Waals surface area contributed by atoms with E-state index in [0.717, 1.165) is 30.7 Å². The first-order chi connectivity index (χ1) is 8.28. The van der Waals surface area contributed by atoms with Crippen LogP contribution in [0.5, 0.6) is 5.75 Å². The van der Waals surface area contributed by atoms with Crippen LogP contribution in [-0.4, -0.2) is 18.7 Å². The van der Waals surface area contributed by atoms with E-state index in [1.807, 2.05) is 30.3 Å². The number of hydrogen-bond donors (Lipinski definition) is 2. The fraction of sp³-hybridized carbons (Fsp3) is 0.462. The van der Waals surface area contributed by atoms with E-state index in [0.29, 0.717) is 12.1 Å². The molecule has 3 N–H and O–H groups in total. The highest BCUT2D eigenvalue weighted by Crippen LogP contribution is 2.24. The molecule has 1 saturated carbocycles. The molecule has 0 bridgehead atoms. The molecule has 0 aliphatic heterocycles. The standard InChI is InChI=1S/C13H17N3O/c14-6-7-17-13-3-1-2-11(9-13)16-12-5-4-10(15)8-12/h1-3,9-10,12,16H,4-5,7-8,15H2. The molecule has 4 nitrogen and oxygen atoms in total. The summed E-state index contributed by atoms with van der Waals surface area (Å²) < 4.78 is 5.26. The molecular weight excluding hydrogens is 214 g/mol. The van der Waals surface area contributed by atoms with Gasteiger partial charge in [-0.25, -0.2) is 0 Å². The summed E-state index contributed by atoms with van der Waals surface area (Å²) in [6.07, 6.45) is 3.22. The van der Waals surface area contributed by atoms with Crippen molar-refractivity contribution in [1.82, 2.24) is 0 Å². The number of nitrogens with two attached hydrogens (primary N) is 1. The average molecular weight is 231 g/mol. The molecule has 0 saturated heterocycles. The molecule has 1 fully saturated rings. The quantitative estimate of drug-likeness (QED) is 0.830. The lowest BCUT2D eigenvalue weighted by Crippen LogP contribution is -2.20. The Morgan fingerprint density at radius 3 is 3.06 bits per heavy atom. The van der Waals surface area contributed by atoms with Gasteiger partial charge in [-0.2, -0.15) is 5.26 Å². The second kappa shape index (κ2) is 5.55. The third-order valence-electron chi connectivity index (χ3n) is 2.98. The molecule has 2 atom stereocenters. The summed E-state index contributed by atoms with van der Waals surface area (Å²) in [7, 11) is 0. The summed E-state index contributed by atoms with van der Waals surface area (Å²) in [5.74, 6) is 0.721. The van der Waals surface area contributed by atoms with Gasteiger partial charge in [-0.05, 0) is 31.4 Å². The Labute approximate surface area is 101 Å². The van der Waals surface area contributed by atoms with Crippen molar-refractivity contribution in [1.29, 1.82) is 5.26 Å². The van der Waals surface area contributed by atoms with E-state index in [9.17, 15) is 0 Å². The summed E-state index contributed by atoms with van der Waals surface area (Å²) in [5.41, 5.74) is 6.90. The molecule has 1 aromatic carbocycles. The fourth-order valence-electron chi connectivity index (χ4n) is 2.17. The summed E-state index contributed by atoms with van der Waals surface area (Å²) in [6.45, 7) is 0.0811. The maximum Gasteiger partial charge on any atom is 0.174 e. The van der Waals surface area contributed by atoms with Crippen molar-refractivity contribution in [3.05, 3.63) is 24.3 Å². The number of nitrogens with zero attached hydrogens (tertiary/aromatic N) is 1. The van der Waals surface area contributed by atoms with E-state index >= 15 is 0 Å². The Hall–Kier alpha value is -1.73. The topological polar surface area (TPSA) is 71.1 Å². The molecule has 0 spiro atoms. The van der Waals surface area contributed by atoms with Crippen LogP contribution in [0.25, 0.3) is 0 Å². The molecule has 0 amide bonds. The maximum atomic E-state index is 8.45. The predicted octanol–water partition coefficient (Wildman–Crippen LogP) is 1.88. The smallest absolute Gasteiger partial charge is 0.174 e. The first-order valence-corrected chi connectivity index (χ1v) is 5.90. The summed E-state index contributed by atoms with van der Waals surface area (Å²) in [5, 5.41) is 11.9. The molecule has 0 aromatic heterocycles. The Kier molecular flexibility index (Phi) is 3.84. The zero-order valence-electron chi connectivity index (χ0n) is 9.73. The number of ether oxygens (including phenoxy) is 1. The number of benzene rings is 1. The van der Waals surface area contributed by atoms with Gasteiger partial charge < -0.3 is 15.8 Å². The van der Waals surface area contributed by atoms with E-state index < -0.39 is 0 Å². The molecule has 1 aromatic rings. The van der Waals surface area contributed by atoms with Crippen molar-refractivity contribution < 1.29 is 4.74 Å². The molecule has 90 valence electrons. The maximum absolute atomic E-state index is 8.45. The van der Waals surface area contributed by atoms with Gasteiger partial charge >= 0.3 is 0 Å². The van der Waals surface area contributed by atoms with Crippen LogP contribution in [0.4, 0.5) is 5.69 Å². The van der Waals surface area contributed by atoms with Gasteiger partial charge in [0.1, 0.15) is 11.8 Å². The van der Waals surface area contributed by atoms with E-state index in [-0.39, 0.29) is 6.61 Å². The second-order valence-corrected chi connectivity index (χ2v) is 4.39. The van der Waals surface area contributed by atoms with Gasteiger partial charge in [-0.15, -0.1) is 0 Å². The van der Waals surface area contributed by atoms with Crippen LogP contribution in [0, 0.1) is 11.3 Å². The zero-order valence-corrected chi connectivity index (χ0v) is 9.73. The number of nitriles is 1. The van der Waals surface area contributed by atoms with E-state index in [4.69, 9.17) is 15.7 Å². The van der Waals surface area contributed by atoms with E-state index in [1.165, 1.54) is 0 Å². The van der Waals surface area contributed by atoms with Crippen molar-refractivity contribution in [3.8, 4) is 11.8 Å². The monoisotopic (exact) mass is 231 g/mol. The van der Waals surface area contributed by atoms with Crippen LogP contribution in [0.1, 0.15) is 19.3 Å². The SMILES string of the molecule is N#CCOc1cccc(NC2CCC(N)C2)c1. The largest absolute Gasteiger partial charge is 0.479 e. The van der Waals surface area contributed by atoms with E-state index in [2.05, 4.69) is 5.32 Å². The molecule has 0 heterocycles. The highest BCUT2D eigenvalue weighted by Gasteiger charge is 2.21. The van der Waals surface area contributed by atoms with Crippen molar-refractivity contribution >= 4 is 5.69 Å². The van der Waals surface area contributed by atoms with Gasteiger partial charge in [0.15, 0.2) is 6.61 Å². The molecule has 2 rings (SSSR count). The molecular formula is C13H17N3O. The normalized spacial score (nSPS) is 23.1. The summed E-state index contributed by atoms with van der Waals surface area (Å²) >= 11 is 0. The third-order valence-corrected chi connectivity index (χ3v) is 2.98. The molecule has 4 heteroatoms. The van der Waals surface area contributed by atoms with Crippen molar-refractivity contribution in [2.24, 2.45) is 5.73 Å². The number of rotatable bonds is 4. The van der Waals surface area contributed by atoms with Crippen LogP contribution < -0.4 is 15.8 Å². The van der Waals surface area contributed by atoms with Crippen LogP contribution in [0.2, 0.25) is 0 Å². The highest BCUT2D eigenvalue weighted by atomic mass is 16.5. The highest BCUT2D eigenvalue weighted by molar-refractivity contribution is 5.49. The van der Waals surface area contributed by atoms with Crippen LogP contribution >= 0.6 is 0 Å². The second-order valence-electron chi connectivity index (χ2n) is 4.39. The van der Waals surface area contributed by atoms with Gasteiger partial charge in [0.25, 0.3) is 0 Å². The molecule has 0 radical (unpaired) electrons. The lowest BCUT2D eigenvalue weighted by molar-refractivity contribution is 0.368. The first-order valence-electron chi connectivity index (χ1n) is 5.90. The van der Waals surface area contributed by atoms with Gasteiger partial charge in [-0.1, -0.05) is 6.07 Å². The minimum atomic E-state index is 0.0811. The van der Waals surface area contributed by atoms with Crippen molar-refractivity contribution in [2.75, 3.05) is 11.9 Å². The minimum Gasteiger partial charge on any atom is -0.479 e. The number of hydrogen-bond acceptors (Lipinski definition) is 4. The third kappa shape index (κ3) is 3.36. The summed E-state index contributed by atoms with van der Waals surface area (Å²) in [6, 6.07) is 10.4. The fourth-order valence-corrected chi connectivity index (χ4v) is 2.17. The van der Waals surface area contributed by atoms with Gasteiger partial charge in [0, 0.05) is 23.8 Å². The number of nitrogens with one attached hydrogen (secondary N) is 1. The Balaban J connectivity index is 1.94. The number of anilines is 1. The first kappa shape index (κ1) is 11.7. The van der Waals surface area contributed by atoms with E-state index in [1.54, 1.807) is 0 Å². The molecule has 1 aliphatic carbocycles. The summed E-state index contributed by atoms with van der Waals surface area (Å²) in [4.78, 5) is 0. The van der Waals surface area contributed by atoms with Crippen molar-refractivity contribution in [3.63, 3.8) is 0 Å². The van der Waals surface area contributed by atoms with Gasteiger partial charge in [0.05, 0.1) is 0 Å². The molecule has 1 aliphatic rings. The average Bonchev–Trinajstić information content (AvgIpc) is 2.73. The predicted molar refractivity (Wildman–Crippen MR) is 66.8 cm³/mol. The Bertz CT molecular complexity index is 413. The van der Waals surface area contributed by atoms with Crippen LogP contribution in [0.15, 0.2) is 24.3 Å². The van der Waals surface area contributed by atoms with Crippen LogP contribution in [-0.2, 0) is 0 Å². The van der Waals surface area contributed by atoms with Crippen LogP contribution in [0.3, 0.4) is 0 Å². The van der Waals surface area contributed by atoms with Gasteiger partial charge in [-0.3, -0.25) is 0 Å².